The maximum absolute atomic E-state index is 5.38. The van der Waals surface area contributed by atoms with Crippen molar-refractivity contribution >= 4 is 0 Å². The molecule has 0 spiro atoms. The van der Waals surface area contributed by atoms with E-state index < -0.39 is 0 Å². The van der Waals surface area contributed by atoms with Gasteiger partial charge in [-0.25, -0.2) is 0 Å². The summed E-state index contributed by atoms with van der Waals surface area (Å²) in [6.07, 6.45) is 3.06. The third kappa shape index (κ3) is 6.49. The first kappa shape index (κ1) is 13.1. The zero-order chi connectivity index (χ0) is 11.5. The Bertz CT molecular complexity index is 241. The molecule has 1 N–H and O–H groups in total. The Morgan fingerprint density at radius 1 is 1.31 bits per heavy atom. The van der Waals surface area contributed by atoms with Crippen molar-refractivity contribution < 1.29 is 14.0 Å². The molecule has 0 saturated heterocycles. The van der Waals surface area contributed by atoms with E-state index in [-0.39, 0.29) is 0 Å². The number of hydrogen-bond donors (Lipinski definition) is 1. The van der Waals surface area contributed by atoms with Crippen LogP contribution >= 0.6 is 0 Å². The lowest BCUT2D eigenvalue weighted by Gasteiger charge is -2.04. The van der Waals surface area contributed by atoms with E-state index >= 15 is 0 Å². The molecule has 0 fully saturated rings. The van der Waals surface area contributed by atoms with Gasteiger partial charge in [-0.1, -0.05) is 5.16 Å². The SMILES string of the molecule is COCCCOCCNCCc1ncon1. The molecule has 0 aromatic carbocycles. The van der Waals surface area contributed by atoms with Crippen LogP contribution in [0.5, 0.6) is 0 Å². The molecule has 1 heterocycles. The Kier molecular flexibility index (Phi) is 7.57. The zero-order valence-corrected chi connectivity index (χ0v) is 9.65. The van der Waals surface area contributed by atoms with Crippen LogP contribution < -0.4 is 5.32 Å². The Balaban J connectivity index is 1.78. The van der Waals surface area contributed by atoms with Crippen molar-refractivity contribution in [3.63, 3.8) is 0 Å². The largest absolute Gasteiger partial charge is 0.385 e. The fourth-order valence-electron chi connectivity index (χ4n) is 1.18. The van der Waals surface area contributed by atoms with Crippen molar-refractivity contribution in [2.75, 3.05) is 40.0 Å². The molecule has 0 aliphatic carbocycles. The van der Waals surface area contributed by atoms with Crippen molar-refractivity contribution in [3.05, 3.63) is 12.2 Å². The highest BCUT2D eigenvalue weighted by atomic mass is 16.5. The minimum Gasteiger partial charge on any atom is -0.385 e. The van der Waals surface area contributed by atoms with E-state index in [0.717, 1.165) is 51.6 Å². The zero-order valence-electron chi connectivity index (χ0n) is 9.65. The number of rotatable bonds is 10. The summed E-state index contributed by atoms with van der Waals surface area (Å²) >= 11 is 0. The molecular weight excluding hydrogens is 210 g/mol. The predicted molar refractivity (Wildman–Crippen MR) is 58.2 cm³/mol. The van der Waals surface area contributed by atoms with Gasteiger partial charge in [0.25, 0.3) is 0 Å². The summed E-state index contributed by atoms with van der Waals surface area (Å²) in [7, 11) is 1.69. The average molecular weight is 229 g/mol. The van der Waals surface area contributed by atoms with Gasteiger partial charge in [-0.05, 0) is 6.42 Å². The lowest BCUT2D eigenvalue weighted by molar-refractivity contribution is 0.104. The van der Waals surface area contributed by atoms with E-state index in [0.29, 0.717) is 0 Å². The molecular formula is C10H19N3O3. The summed E-state index contributed by atoms with van der Waals surface area (Å²) in [6.45, 7) is 3.90. The molecule has 6 nitrogen and oxygen atoms in total. The number of methoxy groups -OCH3 is 1. The molecule has 0 amide bonds. The van der Waals surface area contributed by atoms with E-state index in [1.807, 2.05) is 0 Å². The van der Waals surface area contributed by atoms with Crippen LogP contribution in [0, 0.1) is 0 Å². The molecule has 0 atom stereocenters. The summed E-state index contributed by atoms with van der Waals surface area (Å²) < 4.78 is 14.9. The van der Waals surface area contributed by atoms with Crippen molar-refractivity contribution in [2.24, 2.45) is 0 Å². The van der Waals surface area contributed by atoms with Crippen molar-refractivity contribution in [1.82, 2.24) is 15.5 Å². The van der Waals surface area contributed by atoms with E-state index in [9.17, 15) is 0 Å². The van der Waals surface area contributed by atoms with Gasteiger partial charge in [-0.3, -0.25) is 0 Å². The summed E-state index contributed by atoms with van der Waals surface area (Å²) in [5.74, 6) is 0.730. The smallest absolute Gasteiger partial charge is 0.213 e. The first-order valence-electron chi connectivity index (χ1n) is 5.46. The van der Waals surface area contributed by atoms with Crippen LogP contribution in [0.1, 0.15) is 12.2 Å². The van der Waals surface area contributed by atoms with E-state index in [1.165, 1.54) is 6.39 Å². The second-order valence-electron chi connectivity index (χ2n) is 3.31. The molecule has 1 aromatic rings. The predicted octanol–water partition coefficient (Wildman–Crippen LogP) is 0.255. The number of hydrogen-bond acceptors (Lipinski definition) is 6. The van der Waals surface area contributed by atoms with Crippen LogP contribution in [0.3, 0.4) is 0 Å². The summed E-state index contributed by atoms with van der Waals surface area (Å²) in [5.41, 5.74) is 0. The van der Waals surface area contributed by atoms with Gasteiger partial charge in [0.2, 0.25) is 6.39 Å². The van der Waals surface area contributed by atoms with Crippen LogP contribution in [-0.2, 0) is 15.9 Å². The fourth-order valence-corrected chi connectivity index (χ4v) is 1.18. The summed E-state index contributed by atoms with van der Waals surface area (Å²) in [6, 6.07) is 0. The molecule has 0 aliphatic heterocycles. The Labute approximate surface area is 95.3 Å². The number of nitrogens with zero attached hydrogens (tertiary/aromatic N) is 2. The second kappa shape index (κ2) is 9.26. The topological polar surface area (TPSA) is 69.4 Å². The average Bonchev–Trinajstić information content (AvgIpc) is 2.80. The molecule has 0 bridgehead atoms. The normalized spacial score (nSPS) is 10.8. The van der Waals surface area contributed by atoms with E-state index in [2.05, 4.69) is 20.0 Å². The molecule has 0 saturated carbocycles. The first-order chi connectivity index (χ1) is 7.93. The molecule has 0 unspecified atom stereocenters. The van der Waals surface area contributed by atoms with Gasteiger partial charge in [0.15, 0.2) is 5.82 Å². The first-order valence-corrected chi connectivity index (χ1v) is 5.46. The monoisotopic (exact) mass is 229 g/mol. The lowest BCUT2D eigenvalue weighted by Crippen LogP contribution is -2.22. The Morgan fingerprint density at radius 2 is 2.25 bits per heavy atom. The van der Waals surface area contributed by atoms with Gasteiger partial charge in [0.05, 0.1) is 6.61 Å². The van der Waals surface area contributed by atoms with Gasteiger partial charge in [-0.2, -0.15) is 4.98 Å². The van der Waals surface area contributed by atoms with Crippen LogP contribution in [-0.4, -0.2) is 50.2 Å². The molecule has 1 rings (SSSR count). The van der Waals surface area contributed by atoms with Gasteiger partial charge >= 0.3 is 0 Å². The van der Waals surface area contributed by atoms with Crippen LogP contribution in [0.2, 0.25) is 0 Å². The molecule has 92 valence electrons. The van der Waals surface area contributed by atoms with E-state index in [1.54, 1.807) is 7.11 Å². The summed E-state index contributed by atoms with van der Waals surface area (Å²) in [5, 5.41) is 6.95. The van der Waals surface area contributed by atoms with Gasteiger partial charge in [0.1, 0.15) is 0 Å². The standard InChI is InChI=1S/C10H19N3O3/c1-14-6-2-7-15-8-5-11-4-3-10-12-9-16-13-10/h9,11H,2-8H2,1H3. The fraction of sp³-hybridized carbons (Fsp3) is 0.800. The highest BCUT2D eigenvalue weighted by molar-refractivity contribution is 4.78. The van der Waals surface area contributed by atoms with Crippen LogP contribution in [0.4, 0.5) is 0 Å². The number of nitrogens with one attached hydrogen (secondary N) is 1. The number of aromatic nitrogens is 2. The van der Waals surface area contributed by atoms with Gasteiger partial charge in [-0.15, -0.1) is 0 Å². The molecule has 1 aromatic heterocycles. The maximum Gasteiger partial charge on any atom is 0.213 e. The maximum atomic E-state index is 5.38. The third-order valence-electron chi connectivity index (χ3n) is 1.99. The van der Waals surface area contributed by atoms with Crippen LogP contribution in [0.15, 0.2) is 10.9 Å². The molecule has 16 heavy (non-hydrogen) atoms. The third-order valence-corrected chi connectivity index (χ3v) is 1.99. The van der Waals surface area contributed by atoms with Gasteiger partial charge < -0.3 is 19.3 Å². The lowest BCUT2D eigenvalue weighted by atomic mass is 10.4. The van der Waals surface area contributed by atoms with Gasteiger partial charge in [0, 0.05) is 39.8 Å². The van der Waals surface area contributed by atoms with E-state index in [4.69, 9.17) is 9.47 Å². The minimum atomic E-state index is 0.718. The molecule has 6 heteroatoms. The number of ether oxygens (including phenoxy) is 2. The second-order valence-corrected chi connectivity index (χ2v) is 3.31. The highest BCUT2D eigenvalue weighted by Gasteiger charge is 1.96. The Morgan fingerprint density at radius 3 is 3.00 bits per heavy atom. The quantitative estimate of drug-likeness (QED) is 0.580. The Hall–Kier alpha value is -0.980. The molecule has 0 aliphatic rings. The summed E-state index contributed by atoms with van der Waals surface area (Å²) in [4.78, 5) is 3.92. The van der Waals surface area contributed by atoms with Crippen molar-refractivity contribution in [2.45, 2.75) is 12.8 Å². The minimum absolute atomic E-state index is 0.718. The van der Waals surface area contributed by atoms with Crippen molar-refractivity contribution in [3.8, 4) is 0 Å². The van der Waals surface area contributed by atoms with Crippen LogP contribution in [0.25, 0.3) is 0 Å². The molecule has 0 radical (unpaired) electrons. The highest BCUT2D eigenvalue weighted by Crippen LogP contribution is 1.87. The van der Waals surface area contributed by atoms with Crippen molar-refractivity contribution in [1.29, 1.82) is 0 Å².